The quantitative estimate of drug-likeness (QED) is 0.361. The monoisotopic (exact) mass is 513 g/mol. The highest BCUT2D eigenvalue weighted by Crippen LogP contribution is 2.36. The van der Waals surface area contributed by atoms with Gasteiger partial charge in [-0.2, -0.15) is 0 Å². The van der Waals surface area contributed by atoms with Gasteiger partial charge in [-0.1, -0.05) is 18.2 Å². The lowest BCUT2D eigenvalue weighted by molar-refractivity contribution is 0.173. The zero-order chi connectivity index (χ0) is 26.6. The summed E-state index contributed by atoms with van der Waals surface area (Å²) in [5.74, 6) is 3.52. The molecule has 1 aliphatic rings. The summed E-state index contributed by atoms with van der Waals surface area (Å²) in [7, 11) is 3.21. The number of amides is 2. The number of carbonyl (C=O) groups is 1. The van der Waals surface area contributed by atoms with Crippen molar-refractivity contribution in [2.75, 3.05) is 37.5 Å². The average molecular weight is 514 g/mol. The number of methoxy groups -OCH3 is 2. The van der Waals surface area contributed by atoms with Gasteiger partial charge in [0.1, 0.15) is 23.6 Å². The minimum Gasteiger partial charge on any atom is -0.493 e. The van der Waals surface area contributed by atoms with Gasteiger partial charge in [0.25, 0.3) is 0 Å². The van der Waals surface area contributed by atoms with Crippen LogP contribution in [0.2, 0.25) is 0 Å². The highest BCUT2D eigenvalue weighted by Gasteiger charge is 2.33. The Morgan fingerprint density at radius 2 is 1.55 bits per heavy atom. The fourth-order valence-electron chi connectivity index (χ4n) is 4.73. The lowest BCUT2D eigenvalue weighted by Crippen LogP contribution is -2.59. The van der Waals surface area contributed by atoms with Crippen LogP contribution in [0.4, 0.5) is 16.3 Å². The molecule has 196 valence electrons. The lowest BCUT2D eigenvalue weighted by atomic mass is 10.1. The highest BCUT2D eigenvalue weighted by molar-refractivity contribution is 5.93. The van der Waals surface area contributed by atoms with E-state index >= 15 is 0 Å². The van der Waals surface area contributed by atoms with Gasteiger partial charge < -0.3 is 29.3 Å². The Bertz CT molecular complexity index is 1410. The van der Waals surface area contributed by atoms with E-state index in [1.54, 1.807) is 20.5 Å². The average Bonchev–Trinajstić information content (AvgIpc) is 2.94. The Morgan fingerprint density at radius 1 is 0.868 bits per heavy atom. The van der Waals surface area contributed by atoms with Gasteiger partial charge in [0.15, 0.2) is 11.5 Å². The topological polar surface area (TPSA) is 89.1 Å². The third-order valence-electron chi connectivity index (χ3n) is 6.72. The fourth-order valence-corrected chi connectivity index (χ4v) is 4.73. The molecule has 1 aromatic heterocycles. The molecule has 38 heavy (non-hydrogen) atoms. The van der Waals surface area contributed by atoms with Crippen molar-refractivity contribution in [3.63, 3.8) is 0 Å². The molecule has 0 saturated carbocycles. The Morgan fingerprint density at radius 3 is 2.26 bits per heavy atom. The van der Waals surface area contributed by atoms with E-state index < -0.39 is 0 Å². The molecule has 0 radical (unpaired) electrons. The van der Waals surface area contributed by atoms with Gasteiger partial charge in [0.2, 0.25) is 0 Å². The summed E-state index contributed by atoms with van der Waals surface area (Å²) in [6.07, 6.45) is 1.56. The minimum atomic E-state index is -0.139. The third-order valence-corrected chi connectivity index (χ3v) is 6.72. The maximum absolute atomic E-state index is 13.2. The first-order valence-corrected chi connectivity index (χ1v) is 12.5. The molecule has 2 heterocycles. The summed E-state index contributed by atoms with van der Waals surface area (Å²) < 4.78 is 16.8. The standard InChI is InChI=1S/C29H31N5O4/c1-19-17-34(29(35)32-21-10-12-23(13-11-21)38-22-8-6-5-7-9-22)20(2)16-33(19)28-24-14-26(36-3)27(37-4)15-25(24)30-18-31-28/h5-15,18-20H,16-17H2,1-4H3,(H,32,35)/t19-,20+/m0/s1. The van der Waals surface area contributed by atoms with Crippen LogP contribution in [0.15, 0.2) is 73.1 Å². The number of carbonyl (C=O) groups excluding carboxylic acids is 1. The molecule has 0 aliphatic carbocycles. The van der Waals surface area contributed by atoms with Crippen LogP contribution in [0.5, 0.6) is 23.0 Å². The number of aromatic nitrogens is 2. The predicted octanol–water partition coefficient (Wildman–Crippen LogP) is 5.57. The van der Waals surface area contributed by atoms with Crippen LogP contribution in [-0.4, -0.2) is 60.3 Å². The Balaban J connectivity index is 1.28. The Hall–Kier alpha value is -4.53. The van der Waals surface area contributed by atoms with Crippen molar-refractivity contribution in [3.8, 4) is 23.0 Å². The van der Waals surface area contributed by atoms with E-state index in [9.17, 15) is 4.79 Å². The number of hydrogen-bond donors (Lipinski definition) is 1. The summed E-state index contributed by atoms with van der Waals surface area (Å²) in [5, 5.41) is 3.90. The second kappa shape index (κ2) is 10.8. The van der Waals surface area contributed by atoms with Crippen molar-refractivity contribution in [1.29, 1.82) is 0 Å². The van der Waals surface area contributed by atoms with Gasteiger partial charge in [-0.15, -0.1) is 0 Å². The van der Waals surface area contributed by atoms with Crippen molar-refractivity contribution in [1.82, 2.24) is 14.9 Å². The van der Waals surface area contributed by atoms with Gasteiger partial charge in [-0.05, 0) is 56.3 Å². The molecule has 0 bridgehead atoms. The van der Waals surface area contributed by atoms with Crippen molar-refractivity contribution in [2.24, 2.45) is 0 Å². The van der Waals surface area contributed by atoms with Crippen LogP contribution in [0.1, 0.15) is 13.8 Å². The normalized spacial score (nSPS) is 17.3. The first kappa shape index (κ1) is 25.1. The maximum Gasteiger partial charge on any atom is 0.322 e. The van der Waals surface area contributed by atoms with Crippen molar-refractivity contribution >= 4 is 28.4 Å². The molecule has 0 spiro atoms. The number of rotatable bonds is 6. The van der Waals surface area contributed by atoms with Gasteiger partial charge in [-0.3, -0.25) is 0 Å². The Kier molecular flexibility index (Phi) is 7.17. The fraction of sp³-hybridized carbons (Fsp3) is 0.276. The molecule has 5 rings (SSSR count). The van der Waals surface area contributed by atoms with Crippen molar-refractivity contribution in [3.05, 3.63) is 73.1 Å². The highest BCUT2D eigenvalue weighted by atomic mass is 16.5. The van der Waals surface area contributed by atoms with E-state index in [2.05, 4.69) is 27.1 Å². The van der Waals surface area contributed by atoms with Crippen LogP contribution in [0.25, 0.3) is 10.9 Å². The van der Waals surface area contributed by atoms with E-state index in [1.165, 1.54) is 0 Å². The van der Waals surface area contributed by atoms with Gasteiger partial charge in [0.05, 0.1) is 19.7 Å². The molecule has 9 heteroatoms. The zero-order valence-corrected chi connectivity index (χ0v) is 21.9. The van der Waals surface area contributed by atoms with Gasteiger partial charge in [-0.25, -0.2) is 14.8 Å². The number of nitrogens with zero attached hydrogens (tertiary/aromatic N) is 4. The molecule has 4 aromatic rings. The first-order valence-electron chi connectivity index (χ1n) is 12.5. The number of urea groups is 1. The first-order chi connectivity index (χ1) is 18.5. The van der Waals surface area contributed by atoms with E-state index in [0.717, 1.165) is 22.5 Å². The number of anilines is 2. The lowest BCUT2D eigenvalue weighted by Gasteiger charge is -2.44. The molecule has 1 saturated heterocycles. The van der Waals surface area contributed by atoms with E-state index in [4.69, 9.17) is 14.2 Å². The summed E-state index contributed by atoms with van der Waals surface area (Å²) in [6, 6.07) is 20.6. The number of para-hydroxylation sites is 1. The van der Waals surface area contributed by atoms with Gasteiger partial charge in [0, 0.05) is 42.3 Å². The molecular formula is C29H31N5O4. The largest absolute Gasteiger partial charge is 0.493 e. The molecular weight excluding hydrogens is 482 g/mol. The van der Waals surface area contributed by atoms with Gasteiger partial charge >= 0.3 is 6.03 Å². The molecule has 1 N–H and O–H groups in total. The molecule has 2 atom stereocenters. The van der Waals surface area contributed by atoms with Crippen LogP contribution in [0.3, 0.4) is 0 Å². The summed E-state index contributed by atoms with van der Waals surface area (Å²) in [6.45, 7) is 5.30. The van der Waals surface area contributed by atoms with Crippen LogP contribution < -0.4 is 24.4 Å². The summed E-state index contributed by atoms with van der Waals surface area (Å²) in [4.78, 5) is 26.3. The maximum atomic E-state index is 13.2. The Labute approximate surface area is 222 Å². The zero-order valence-electron chi connectivity index (χ0n) is 21.9. The summed E-state index contributed by atoms with van der Waals surface area (Å²) in [5.41, 5.74) is 1.48. The number of ether oxygens (including phenoxy) is 3. The van der Waals surface area contributed by atoms with E-state index in [-0.39, 0.29) is 18.1 Å². The van der Waals surface area contributed by atoms with Crippen molar-refractivity contribution in [2.45, 2.75) is 25.9 Å². The number of fused-ring (bicyclic) bond motifs is 1. The van der Waals surface area contributed by atoms with E-state index in [1.807, 2.05) is 78.6 Å². The number of hydrogen-bond acceptors (Lipinski definition) is 7. The molecule has 1 fully saturated rings. The number of benzene rings is 3. The molecule has 9 nitrogen and oxygen atoms in total. The second-order valence-corrected chi connectivity index (χ2v) is 9.29. The smallest absolute Gasteiger partial charge is 0.322 e. The second-order valence-electron chi connectivity index (χ2n) is 9.29. The van der Waals surface area contributed by atoms with Crippen molar-refractivity contribution < 1.29 is 19.0 Å². The number of nitrogens with one attached hydrogen (secondary N) is 1. The minimum absolute atomic E-state index is 0.0322. The predicted molar refractivity (Wildman–Crippen MR) is 148 cm³/mol. The molecule has 3 aromatic carbocycles. The number of piperazine rings is 1. The summed E-state index contributed by atoms with van der Waals surface area (Å²) >= 11 is 0. The molecule has 2 amide bonds. The van der Waals surface area contributed by atoms with E-state index in [0.29, 0.717) is 36.0 Å². The third kappa shape index (κ3) is 5.13. The molecule has 0 unspecified atom stereocenters. The SMILES string of the molecule is COc1cc2ncnc(N3C[C@@H](C)N(C(=O)Nc4ccc(Oc5ccccc5)cc4)C[C@@H]3C)c2cc1OC. The van der Waals surface area contributed by atoms with Crippen LogP contribution in [-0.2, 0) is 0 Å². The van der Waals surface area contributed by atoms with Crippen LogP contribution >= 0.6 is 0 Å². The van der Waals surface area contributed by atoms with Crippen LogP contribution in [0, 0.1) is 0 Å². The molecule has 1 aliphatic heterocycles.